The molecule has 12 heteroatoms. The van der Waals surface area contributed by atoms with Gasteiger partial charge >= 0.3 is 5.97 Å². The van der Waals surface area contributed by atoms with Gasteiger partial charge in [0, 0.05) is 5.69 Å². The lowest BCUT2D eigenvalue weighted by Gasteiger charge is -2.13. The van der Waals surface area contributed by atoms with Crippen molar-refractivity contribution in [2.24, 2.45) is 0 Å². The summed E-state index contributed by atoms with van der Waals surface area (Å²) >= 11 is 7.33. The number of fused-ring (bicyclic) bond motifs is 1. The number of halogens is 1. The number of hydrogen-bond donors (Lipinski definition) is 2. The van der Waals surface area contributed by atoms with Crippen molar-refractivity contribution in [3.05, 3.63) is 69.6 Å². The van der Waals surface area contributed by atoms with E-state index in [4.69, 9.17) is 16.3 Å². The lowest BCUT2D eigenvalue weighted by Crippen LogP contribution is -2.22. The highest BCUT2D eigenvalue weighted by Crippen LogP contribution is 2.28. The van der Waals surface area contributed by atoms with Crippen LogP contribution in [0.15, 0.2) is 58.6 Å². The van der Waals surface area contributed by atoms with Crippen LogP contribution in [0.5, 0.6) is 5.75 Å². The average Bonchev–Trinajstić information content (AvgIpc) is 3.32. The molecular formula is C22H18ClN5O5S. The molecule has 0 aliphatic carbocycles. The van der Waals surface area contributed by atoms with Crippen LogP contribution in [0.2, 0.25) is 5.02 Å². The van der Waals surface area contributed by atoms with Gasteiger partial charge in [-0.1, -0.05) is 23.4 Å². The second-order valence-corrected chi connectivity index (χ2v) is 8.24. The van der Waals surface area contributed by atoms with E-state index in [1.54, 1.807) is 42.5 Å². The Hall–Kier alpha value is -3.83. The Morgan fingerprint density at radius 1 is 1.18 bits per heavy atom. The number of thioether (sulfide) groups is 1. The molecule has 1 amide bonds. The molecule has 0 unspecified atom stereocenters. The molecule has 2 N–H and O–H groups in total. The normalized spacial score (nSPS) is 10.8. The average molecular weight is 500 g/mol. The van der Waals surface area contributed by atoms with Crippen LogP contribution < -0.4 is 15.6 Å². The third-order valence-corrected chi connectivity index (χ3v) is 6.00. The van der Waals surface area contributed by atoms with E-state index in [9.17, 15) is 14.4 Å². The molecule has 0 fully saturated rings. The maximum Gasteiger partial charge on any atom is 0.337 e. The number of H-pyrrole nitrogens is 1. The smallest absolute Gasteiger partial charge is 0.337 e. The minimum absolute atomic E-state index is 0.0330. The number of aromatic nitrogens is 4. The fourth-order valence-electron chi connectivity index (χ4n) is 3.13. The first-order chi connectivity index (χ1) is 16.4. The summed E-state index contributed by atoms with van der Waals surface area (Å²) in [6.07, 6.45) is 1.39. The van der Waals surface area contributed by atoms with Crippen LogP contribution in [0.4, 0.5) is 5.69 Å². The fraction of sp³-hybridized carbons (Fsp3) is 0.136. The minimum atomic E-state index is -0.467. The third kappa shape index (κ3) is 4.75. The zero-order valence-corrected chi connectivity index (χ0v) is 19.6. The number of amides is 1. The number of hydrogen-bond acceptors (Lipinski definition) is 8. The molecule has 0 bridgehead atoms. The molecule has 4 aromatic rings. The van der Waals surface area contributed by atoms with Gasteiger partial charge in [-0.15, -0.1) is 0 Å². The number of rotatable bonds is 7. The standard InChI is InChI=1S/C22H18ClN5O5S/c1-32-17-8-7-14(9-16(17)23)28-20(30)15-10-24-27-19(15)26-22(28)34-11-18(29)25-13-5-3-12(4-6-13)21(31)33-2/h3-10H,11H2,1-2H3,(H,24,27)(H,25,29). The zero-order chi connectivity index (χ0) is 24.2. The first-order valence-electron chi connectivity index (χ1n) is 9.82. The Morgan fingerprint density at radius 3 is 2.62 bits per heavy atom. The van der Waals surface area contributed by atoms with E-state index in [0.29, 0.717) is 38.7 Å². The third-order valence-electron chi connectivity index (χ3n) is 4.77. The molecule has 0 saturated carbocycles. The number of esters is 1. The number of anilines is 1. The fourth-order valence-corrected chi connectivity index (χ4v) is 4.19. The molecule has 0 aliphatic rings. The van der Waals surface area contributed by atoms with E-state index >= 15 is 0 Å². The van der Waals surface area contributed by atoms with Gasteiger partial charge < -0.3 is 14.8 Å². The Balaban J connectivity index is 1.58. The van der Waals surface area contributed by atoms with Crippen LogP contribution in [-0.2, 0) is 9.53 Å². The summed E-state index contributed by atoms with van der Waals surface area (Å²) in [6.45, 7) is 0. The molecule has 0 atom stereocenters. The number of methoxy groups -OCH3 is 2. The van der Waals surface area contributed by atoms with Gasteiger partial charge in [-0.05, 0) is 42.5 Å². The molecule has 2 aromatic heterocycles. The van der Waals surface area contributed by atoms with Crippen molar-refractivity contribution in [2.45, 2.75) is 5.16 Å². The number of nitrogens with zero attached hydrogens (tertiary/aromatic N) is 3. The SMILES string of the molecule is COC(=O)c1ccc(NC(=O)CSc2nc3[nH]ncc3c(=O)n2-c2ccc(OC)c(Cl)c2)cc1. The lowest BCUT2D eigenvalue weighted by atomic mass is 10.2. The first-order valence-corrected chi connectivity index (χ1v) is 11.2. The Bertz CT molecular complexity index is 1430. The summed E-state index contributed by atoms with van der Waals surface area (Å²) in [6, 6.07) is 11.2. The van der Waals surface area contributed by atoms with Gasteiger partial charge in [0.25, 0.3) is 5.56 Å². The van der Waals surface area contributed by atoms with Crippen LogP contribution in [0.3, 0.4) is 0 Å². The predicted octanol–water partition coefficient (Wildman–Crippen LogP) is 3.29. The predicted molar refractivity (Wildman–Crippen MR) is 128 cm³/mol. The second-order valence-electron chi connectivity index (χ2n) is 6.89. The summed E-state index contributed by atoms with van der Waals surface area (Å²) in [4.78, 5) is 41.7. The maximum atomic E-state index is 13.2. The van der Waals surface area contributed by atoms with Crippen LogP contribution in [0.1, 0.15) is 10.4 Å². The molecule has 2 heterocycles. The topological polar surface area (TPSA) is 128 Å². The van der Waals surface area contributed by atoms with Gasteiger partial charge in [-0.2, -0.15) is 5.10 Å². The molecular weight excluding hydrogens is 482 g/mol. The number of carbonyl (C=O) groups excluding carboxylic acids is 2. The number of benzene rings is 2. The van der Waals surface area contributed by atoms with Crippen molar-refractivity contribution >= 4 is 52.0 Å². The van der Waals surface area contributed by atoms with Crippen molar-refractivity contribution in [2.75, 3.05) is 25.3 Å². The van der Waals surface area contributed by atoms with Gasteiger partial charge in [0.05, 0.1) is 42.4 Å². The lowest BCUT2D eigenvalue weighted by molar-refractivity contribution is -0.113. The van der Waals surface area contributed by atoms with Gasteiger partial charge in [-0.3, -0.25) is 19.3 Å². The molecule has 0 spiro atoms. The number of nitrogens with one attached hydrogen (secondary N) is 2. The van der Waals surface area contributed by atoms with E-state index in [2.05, 4.69) is 25.2 Å². The Morgan fingerprint density at radius 2 is 1.94 bits per heavy atom. The van der Waals surface area contributed by atoms with Crippen molar-refractivity contribution in [3.8, 4) is 11.4 Å². The van der Waals surface area contributed by atoms with Crippen molar-refractivity contribution < 1.29 is 19.1 Å². The van der Waals surface area contributed by atoms with E-state index < -0.39 is 5.97 Å². The summed E-state index contributed by atoms with van der Waals surface area (Å²) < 4.78 is 11.2. The van der Waals surface area contributed by atoms with E-state index in [-0.39, 0.29) is 22.4 Å². The zero-order valence-electron chi connectivity index (χ0n) is 18.0. The number of ether oxygens (including phenoxy) is 2. The molecule has 2 aromatic carbocycles. The highest BCUT2D eigenvalue weighted by molar-refractivity contribution is 7.99. The maximum absolute atomic E-state index is 13.2. The number of carbonyl (C=O) groups is 2. The molecule has 4 rings (SSSR count). The molecule has 0 radical (unpaired) electrons. The van der Waals surface area contributed by atoms with Crippen molar-refractivity contribution in [1.29, 1.82) is 0 Å². The summed E-state index contributed by atoms with van der Waals surface area (Å²) in [5.74, 6) is -0.364. The molecule has 34 heavy (non-hydrogen) atoms. The van der Waals surface area contributed by atoms with E-state index in [1.807, 2.05) is 0 Å². The quantitative estimate of drug-likeness (QED) is 0.225. The summed E-state index contributed by atoms with van der Waals surface area (Å²) in [7, 11) is 2.79. The first kappa shape index (κ1) is 23.3. The van der Waals surface area contributed by atoms with Crippen molar-refractivity contribution in [1.82, 2.24) is 19.7 Å². The summed E-state index contributed by atoms with van der Waals surface area (Å²) in [5.41, 5.74) is 1.29. The van der Waals surface area contributed by atoms with Crippen molar-refractivity contribution in [3.63, 3.8) is 0 Å². The highest BCUT2D eigenvalue weighted by Gasteiger charge is 2.17. The van der Waals surface area contributed by atoms with Crippen LogP contribution >= 0.6 is 23.4 Å². The number of aromatic amines is 1. The van der Waals surface area contributed by atoms with E-state index in [1.165, 1.54) is 25.0 Å². The highest BCUT2D eigenvalue weighted by atomic mass is 35.5. The molecule has 10 nitrogen and oxygen atoms in total. The minimum Gasteiger partial charge on any atom is -0.495 e. The monoisotopic (exact) mass is 499 g/mol. The van der Waals surface area contributed by atoms with Crippen LogP contribution in [0, 0.1) is 0 Å². The summed E-state index contributed by atoms with van der Waals surface area (Å²) in [5, 5.41) is 10.2. The van der Waals surface area contributed by atoms with Gasteiger partial charge in [0.15, 0.2) is 10.8 Å². The van der Waals surface area contributed by atoms with E-state index in [0.717, 1.165) is 11.8 Å². The largest absolute Gasteiger partial charge is 0.495 e. The Kier molecular flexibility index (Phi) is 6.85. The Labute approximate surface area is 202 Å². The van der Waals surface area contributed by atoms with Gasteiger partial charge in [-0.25, -0.2) is 9.78 Å². The molecule has 174 valence electrons. The molecule has 0 saturated heterocycles. The van der Waals surface area contributed by atoms with Crippen LogP contribution in [0.25, 0.3) is 16.7 Å². The molecule has 0 aliphatic heterocycles. The second kappa shape index (κ2) is 9.98. The van der Waals surface area contributed by atoms with Gasteiger partial charge in [0.1, 0.15) is 11.1 Å². The van der Waals surface area contributed by atoms with Gasteiger partial charge in [0.2, 0.25) is 5.91 Å². The van der Waals surface area contributed by atoms with Crippen LogP contribution in [-0.4, -0.2) is 51.6 Å².